The molecule has 3 fully saturated rings. The Morgan fingerprint density at radius 3 is 2.71 bits per heavy atom. The highest BCUT2D eigenvalue weighted by Gasteiger charge is 2.59. The molecule has 4 aliphatic rings. The summed E-state index contributed by atoms with van der Waals surface area (Å²) in [6.45, 7) is 8.95. The molecule has 0 aromatic carbocycles. The Kier molecular flexibility index (Phi) is 5.89. The number of carbonyl (C=O) groups is 2. The lowest BCUT2D eigenvalue weighted by Gasteiger charge is -2.58. The Balaban J connectivity index is 1.31. The molecule has 0 unspecified atom stereocenters. The summed E-state index contributed by atoms with van der Waals surface area (Å²) in [6, 6.07) is 1.83. The molecule has 1 heterocycles. The molecule has 0 amide bonds. The summed E-state index contributed by atoms with van der Waals surface area (Å²) in [5.41, 5.74) is 3.78. The Hall–Kier alpha value is -2.17. The number of allylic oxidation sites excluding steroid dienone is 1. The van der Waals surface area contributed by atoms with Crippen LogP contribution in [0.3, 0.4) is 0 Å². The molecule has 1 aromatic heterocycles. The van der Waals surface area contributed by atoms with E-state index in [0.29, 0.717) is 47.8 Å². The number of rotatable bonds is 5. The van der Waals surface area contributed by atoms with Gasteiger partial charge in [-0.3, -0.25) is 14.6 Å². The van der Waals surface area contributed by atoms with Crippen molar-refractivity contribution >= 4 is 17.3 Å². The summed E-state index contributed by atoms with van der Waals surface area (Å²) in [6.07, 6.45) is 10.9. The van der Waals surface area contributed by atoms with E-state index in [1.165, 1.54) is 18.4 Å². The molecule has 184 valence electrons. The molecule has 0 spiro atoms. The Bertz CT molecular complexity index is 1050. The fourth-order valence-electron chi connectivity index (χ4n) is 8.51. The molecule has 2 N–H and O–H groups in total. The van der Waals surface area contributed by atoms with E-state index in [-0.39, 0.29) is 34.8 Å². The third-order valence-corrected chi connectivity index (χ3v) is 10.3. The first-order valence-corrected chi connectivity index (χ1v) is 13.4. The van der Waals surface area contributed by atoms with Gasteiger partial charge >= 0.3 is 0 Å². The monoisotopic (exact) mass is 464 g/mol. The van der Waals surface area contributed by atoms with Crippen molar-refractivity contribution in [2.75, 3.05) is 11.9 Å². The van der Waals surface area contributed by atoms with Gasteiger partial charge in [0.2, 0.25) is 0 Å². The van der Waals surface area contributed by atoms with Gasteiger partial charge in [0.25, 0.3) is 0 Å². The molecule has 0 radical (unpaired) electrons. The number of pyridine rings is 1. The summed E-state index contributed by atoms with van der Waals surface area (Å²) in [5, 5.41) is 13.8. The fraction of sp³-hybridized carbons (Fsp3) is 0.690. The van der Waals surface area contributed by atoms with Crippen molar-refractivity contribution in [2.45, 2.75) is 85.5 Å². The first kappa shape index (κ1) is 23.6. The first-order chi connectivity index (χ1) is 16.2. The van der Waals surface area contributed by atoms with Crippen molar-refractivity contribution in [2.24, 2.45) is 34.5 Å². The van der Waals surface area contributed by atoms with Crippen LogP contribution >= 0.6 is 0 Å². The molecule has 5 heteroatoms. The standard InChI is InChI=1S/C29H40N2O3/c1-5-24-27(34)25(14-17(2)31-24)30-16-26(33)23-9-8-21-20-7-6-18-15-19(32)10-12-28(18,3)22(20)11-13-29(21,23)4/h14-15,20-23,34H,5-13,16H2,1-4H3,(H,30,31)/t20-,21-,22-,23+,28+,29+/m1/s1. The van der Waals surface area contributed by atoms with Crippen LogP contribution < -0.4 is 5.32 Å². The number of aromatic hydroxyl groups is 1. The van der Waals surface area contributed by atoms with Crippen LogP contribution in [-0.4, -0.2) is 28.2 Å². The van der Waals surface area contributed by atoms with Gasteiger partial charge in [-0.25, -0.2) is 0 Å². The summed E-state index contributed by atoms with van der Waals surface area (Å²) in [5.74, 6) is 2.75. The van der Waals surface area contributed by atoms with Crippen LogP contribution in [0.2, 0.25) is 0 Å². The van der Waals surface area contributed by atoms with Gasteiger partial charge in [0.1, 0.15) is 0 Å². The van der Waals surface area contributed by atoms with Gasteiger partial charge in [0, 0.05) is 18.0 Å². The molecule has 3 saturated carbocycles. The largest absolute Gasteiger partial charge is 0.504 e. The number of ketones is 2. The minimum absolute atomic E-state index is 0.0623. The number of aromatic nitrogens is 1. The third kappa shape index (κ3) is 3.61. The number of hydrogen-bond acceptors (Lipinski definition) is 5. The number of hydrogen-bond donors (Lipinski definition) is 2. The minimum atomic E-state index is 0.0623. The minimum Gasteiger partial charge on any atom is -0.504 e. The van der Waals surface area contributed by atoms with E-state index in [2.05, 4.69) is 24.1 Å². The lowest BCUT2D eigenvalue weighted by atomic mass is 9.46. The molecule has 0 aliphatic heterocycles. The van der Waals surface area contributed by atoms with Crippen molar-refractivity contribution in [3.05, 3.63) is 29.1 Å². The number of nitrogens with one attached hydrogen (secondary N) is 1. The molecule has 0 saturated heterocycles. The maximum atomic E-state index is 13.5. The highest BCUT2D eigenvalue weighted by Crippen LogP contribution is 2.66. The van der Waals surface area contributed by atoms with Gasteiger partial charge in [0.15, 0.2) is 17.3 Å². The highest BCUT2D eigenvalue weighted by molar-refractivity contribution is 5.91. The number of aryl methyl sites for hydroxylation is 2. The number of nitrogens with zero attached hydrogens (tertiary/aromatic N) is 1. The Morgan fingerprint density at radius 1 is 1.15 bits per heavy atom. The normalized spacial score (nSPS) is 36.8. The molecule has 5 rings (SSSR count). The van der Waals surface area contributed by atoms with Gasteiger partial charge < -0.3 is 10.4 Å². The average Bonchev–Trinajstić information content (AvgIpc) is 3.17. The number of anilines is 1. The zero-order valence-electron chi connectivity index (χ0n) is 21.2. The van der Waals surface area contributed by atoms with Crippen molar-refractivity contribution in [3.8, 4) is 5.75 Å². The predicted molar refractivity (Wildman–Crippen MR) is 134 cm³/mol. The molecular weight excluding hydrogens is 424 g/mol. The molecular formula is C29H40N2O3. The summed E-state index contributed by atoms with van der Waals surface area (Å²) < 4.78 is 0. The average molecular weight is 465 g/mol. The van der Waals surface area contributed by atoms with E-state index >= 15 is 0 Å². The van der Waals surface area contributed by atoms with Crippen molar-refractivity contribution in [3.63, 3.8) is 0 Å². The van der Waals surface area contributed by atoms with Crippen molar-refractivity contribution in [1.82, 2.24) is 4.98 Å². The summed E-state index contributed by atoms with van der Waals surface area (Å²) in [4.78, 5) is 30.0. The molecule has 6 atom stereocenters. The Morgan fingerprint density at radius 2 is 1.94 bits per heavy atom. The molecule has 34 heavy (non-hydrogen) atoms. The summed E-state index contributed by atoms with van der Waals surface area (Å²) >= 11 is 0. The van der Waals surface area contributed by atoms with E-state index in [0.717, 1.165) is 37.8 Å². The lowest BCUT2D eigenvalue weighted by Crippen LogP contribution is -2.51. The van der Waals surface area contributed by atoms with Crippen LogP contribution in [0.1, 0.15) is 83.5 Å². The predicted octanol–water partition coefficient (Wildman–Crippen LogP) is 5.79. The Labute approximate surface area is 203 Å². The number of Topliss-reactive ketones (excluding diaryl/α,β-unsaturated/α-hetero) is 1. The van der Waals surface area contributed by atoms with Crippen LogP contribution in [0, 0.1) is 41.4 Å². The zero-order valence-corrected chi connectivity index (χ0v) is 21.2. The van der Waals surface area contributed by atoms with E-state index in [9.17, 15) is 14.7 Å². The third-order valence-electron chi connectivity index (χ3n) is 10.3. The zero-order chi connectivity index (χ0) is 24.3. The molecule has 1 aromatic rings. The molecule has 5 nitrogen and oxygen atoms in total. The fourth-order valence-corrected chi connectivity index (χ4v) is 8.51. The van der Waals surface area contributed by atoms with Gasteiger partial charge in [0.05, 0.1) is 17.9 Å². The maximum Gasteiger partial charge on any atom is 0.160 e. The number of carbonyl (C=O) groups excluding carboxylic acids is 2. The highest BCUT2D eigenvalue weighted by atomic mass is 16.3. The quantitative estimate of drug-likeness (QED) is 0.577. The van der Waals surface area contributed by atoms with Gasteiger partial charge in [-0.05, 0) is 99.0 Å². The lowest BCUT2D eigenvalue weighted by molar-refractivity contribution is -0.129. The second-order valence-corrected chi connectivity index (χ2v) is 11.9. The maximum absolute atomic E-state index is 13.5. The number of fused-ring (bicyclic) bond motifs is 5. The van der Waals surface area contributed by atoms with E-state index in [1.807, 2.05) is 26.0 Å². The van der Waals surface area contributed by atoms with E-state index in [1.54, 1.807) is 0 Å². The van der Waals surface area contributed by atoms with Gasteiger partial charge in [-0.15, -0.1) is 0 Å². The van der Waals surface area contributed by atoms with Gasteiger partial charge in [-0.2, -0.15) is 0 Å². The van der Waals surface area contributed by atoms with Gasteiger partial charge in [-0.1, -0.05) is 26.3 Å². The van der Waals surface area contributed by atoms with Crippen LogP contribution in [0.4, 0.5) is 5.69 Å². The second kappa shape index (κ2) is 8.49. The van der Waals surface area contributed by atoms with E-state index in [4.69, 9.17) is 0 Å². The van der Waals surface area contributed by atoms with Crippen molar-refractivity contribution in [1.29, 1.82) is 0 Å². The van der Waals surface area contributed by atoms with Crippen LogP contribution in [0.25, 0.3) is 0 Å². The smallest absolute Gasteiger partial charge is 0.160 e. The SMILES string of the molecule is CCc1nc(C)cc(NCC(=O)[C@@H]2CC[C@@H]3[C@H]4CCC5=CC(=O)CC[C@]5(C)[C@@H]4CC[C@@]32C)c1O. The molecule has 4 aliphatic carbocycles. The topological polar surface area (TPSA) is 79.3 Å². The summed E-state index contributed by atoms with van der Waals surface area (Å²) in [7, 11) is 0. The van der Waals surface area contributed by atoms with Crippen molar-refractivity contribution < 1.29 is 14.7 Å². The second-order valence-electron chi connectivity index (χ2n) is 11.9. The van der Waals surface area contributed by atoms with Crippen LogP contribution in [0.15, 0.2) is 17.7 Å². The van der Waals surface area contributed by atoms with E-state index < -0.39 is 0 Å². The first-order valence-electron chi connectivity index (χ1n) is 13.4. The van der Waals surface area contributed by atoms with Crippen LogP contribution in [-0.2, 0) is 16.0 Å². The molecule has 0 bridgehead atoms. The van der Waals surface area contributed by atoms with Crippen LogP contribution in [0.5, 0.6) is 5.75 Å².